The van der Waals surface area contributed by atoms with Crippen molar-refractivity contribution in [3.05, 3.63) is 84.5 Å². The molecule has 1 aromatic rings. The second kappa shape index (κ2) is 8.02. The predicted octanol–water partition coefficient (Wildman–Crippen LogP) is 4.50. The number of hydrogen-bond donors (Lipinski definition) is 0. The third kappa shape index (κ3) is 5.26. The van der Waals surface area contributed by atoms with Gasteiger partial charge < -0.3 is 0 Å². The summed E-state index contributed by atoms with van der Waals surface area (Å²) in [5, 5.41) is 0. The van der Waals surface area contributed by atoms with Gasteiger partial charge in [-0.15, -0.1) is 0 Å². The van der Waals surface area contributed by atoms with Crippen molar-refractivity contribution in [2.45, 2.75) is 13.3 Å². The monoisotopic (exact) mass is 238 g/mol. The second-order valence-electron chi connectivity index (χ2n) is 3.83. The molecule has 1 rings (SSSR count). The van der Waals surface area contributed by atoms with Gasteiger partial charge in [-0.3, -0.25) is 4.79 Å². The Morgan fingerprint density at radius 3 is 2.50 bits per heavy atom. The molecule has 1 nitrogen and oxygen atoms in total. The molecule has 0 saturated heterocycles. The fourth-order valence-corrected chi connectivity index (χ4v) is 1.33. The zero-order valence-corrected chi connectivity index (χ0v) is 10.7. The van der Waals surface area contributed by atoms with Crippen molar-refractivity contribution >= 4 is 5.78 Å². The zero-order chi connectivity index (χ0) is 13.2. The van der Waals surface area contributed by atoms with Crippen LogP contribution in [0.4, 0.5) is 0 Å². The Kier molecular flexibility index (Phi) is 6.20. The summed E-state index contributed by atoms with van der Waals surface area (Å²) >= 11 is 0. The van der Waals surface area contributed by atoms with Crippen molar-refractivity contribution < 1.29 is 4.79 Å². The highest BCUT2D eigenvalue weighted by Crippen LogP contribution is 2.03. The van der Waals surface area contributed by atoms with Crippen LogP contribution in [0.15, 0.2) is 78.9 Å². The van der Waals surface area contributed by atoms with Crippen LogP contribution in [0.5, 0.6) is 0 Å². The molecule has 0 spiro atoms. The van der Waals surface area contributed by atoms with E-state index in [1.165, 1.54) is 0 Å². The molecule has 0 N–H and O–H groups in total. The van der Waals surface area contributed by atoms with Gasteiger partial charge in [0.25, 0.3) is 0 Å². The third-order valence-electron chi connectivity index (χ3n) is 2.30. The molecule has 0 aliphatic rings. The van der Waals surface area contributed by atoms with E-state index in [-0.39, 0.29) is 5.78 Å². The molecular formula is C17H18O. The zero-order valence-electron chi connectivity index (χ0n) is 10.7. The number of hydrogen-bond acceptors (Lipinski definition) is 1. The van der Waals surface area contributed by atoms with Crippen LogP contribution in [0.2, 0.25) is 0 Å². The van der Waals surface area contributed by atoms with E-state index < -0.39 is 0 Å². The van der Waals surface area contributed by atoms with Crippen LogP contribution in [0, 0.1) is 0 Å². The molecule has 0 heterocycles. The number of carbonyl (C=O) groups is 1. The molecule has 0 aliphatic heterocycles. The Hall–Kier alpha value is -2.15. The highest BCUT2D eigenvalue weighted by Gasteiger charge is 1.98. The van der Waals surface area contributed by atoms with Gasteiger partial charge in [-0.1, -0.05) is 74.2 Å². The van der Waals surface area contributed by atoms with Crippen molar-refractivity contribution in [2.75, 3.05) is 0 Å². The van der Waals surface area contributed by atoms with E-state index in [2.05, 4.69) is 19.6 Å². The SMILES string of the molecule is C=C(C=CC=CCC)C=CC(=O)c1ccccc1. The smallest absolute Gasteiger partial charge is 0.185 e. The fraction of sp³-hybridized carbons (Fsp3) is 0.118. The van der Waals surface area contributed by atoms with E-state index in [1.54, 1.807) is 24.3 Å². The lowest BCUT2D eigenvalue weighted by atomic mass is 10.1. The van der Waals surface area contributed by atoms with E-state index in [1.807, 2.05) is 36.4 Å². The molecule has 1 heteroatoms. The average Bonchev–Trinajstić information content (AvgIpc) is 2.42. The molecule has 0 unspecified atom stereocenters. The number of rotatable bonds is 6. The summed E-state index contributed by atoms with van der Waals surface area (Å²) in [5.41, 5.74) is 1.50. The highest BCUT2D eigenvalue weighted by atomic mass is 16.1. The lowest BCUT2D eigenvalue weighted by molar-refractivity contribution is 0.104. The molecule has 18 heavy (non-hydrogen) atoms. The Labute approximate surface area is 109 Å². The summed E-state index contributed by atoms with van der Waals surface area (Å²) in [4.78, 5) is 11.8. The molecule has 0 fully saturated rings. The summed E-state index contributed by atoms with van der Waals surface area (Å²) in [6, 6.07) is 9.20. The highest BCUT2D eigenvalue weighted by molar-refractivity contribution is 6.04. The molecule has 0 amide bonds. The van der Waals surface area contributed by atoms with Crippen LogP contribution in [0.25, 0.3) is 0 Å². The van der Waals surface area contributed by atoms with Crippen LogP contribution in [-0.4, -0.2) is 5.78 Å². The van der Waals surface area contributed by atoms with E-state index in [0.29, 0.717) is 5.56 Å². The van der Waals surface area contributed by atoms with Crippen molar-refractivity contribution in [3.63, 3.8) is 0 Å². The van der Waals surface area contributed by atoms with Crippen molar-refractivity contribution in [2.24, 2.45) is 0 Å². The van der Waals surface area contributed by atoms with Crippen LogP contribution < -0.4 is 0 Å². The van der Waals surface area contributed by atoms with E-state index >= 15 is 0 Å². The molecule has 0 aromatic heterocycles. The van der Waals surface area contributed by atoms with Gasteiger partial charge >= 0.3 is 0 Å². The largest absolute Gasteiger partial charge is 0.289 e. The van der Waals surface area contributed by atoms with Crippen LogP contribution in [0.3, 0.4) is 0 Å². The maximum atomic E-state index is 11.8. The second-order valence-corrected chi connectivity index (χ2v) is 3.83. The van der Waals surface area contributed by atoms with Gasteiger partial charge in [-0.25, -0.2) is 0 Å². The summed E-state index contributed by atoms with van der Waals surface area (Å²) in [6.07, 6.45) is 12.1. The van der Waals surface area contributed by atoms with Crippen LogP contribution >= 0.6 is 0 Å². The van der Waals surface area contributed by atoms with Crippen LogP contribution in [0.1, 0.15) is 23.7 Å². The molecule has 1 aromatic carbocycles. The number of ketones is 1. The van der Waals surface area contributed by atoms with Crippen LogP contribution in [-0.2, 0) is 0 Å². The molecule has 0 aliphatic carbocycles. The lowest BCUT2D eigenvalue weighted by Crippen LogP contribution is -1.92. The first-order valence-corrected chi connectivity index (χ1v) is 6.03. The summed E-state index contributed by atoms with van der Waals surface area (Å²) in [7, 11) is 0. The number of benzene rings is 1. The Morgan fingerprint density at radius 1 is 1.11 bits per heavy atom. The first-order valence-electron chi connectivity index (χ1n) is 6.03. The van der Waals surface area contributed by atoms with Gasteiger partial charge in [-0.05, 0) is 18.1 Å². The predicted molar refractivity (Wildman–Crippen MR) is 77.6 cm³/mol. The van der Waals surface area contributed by atoms with Gasteiger partial charge in [0.05, 0.1) is 0 Å². The summed E-state index contributed by atoms with van der Waals surface area (Å²) in [5.74, 6) is -0.00532. The molecule has 0 bridgehead atoms. The molecular weight excluding hydrogens is 220 g/mol. The van der Waals surface area contributed by atoms with Crippen molar-refractivity contribution in [1.29, 1.82) is 0 Å². The van der Waals surface area contributed by atoms with E-state index in [9.17, 15) is 4.79 Å². The van der Waals surface area contributed by atoms with Gasteiger partial charge in [0, 0.05) is 5.56 Å². The Morgan fingerprint density at radius 2 is 1.83 bits per heavy atom. The quantitative estimate of drug-likeness (QED) is 0.405. The number of allylic oxidation sites excluding steroid dienone is 7. The first-order chi connectivity index (χ1) is 8.74. The van der Waals surface area contributed by atoms with E-state index in [4.69, 9.17) is 0 Å². The van der Waals surface area contributed by atoms with Gasteiger partial charge in [0.15, 0.2) is 5.78 Å². The topological polar surface area (TPSA) is 17.1 Å². The van der Waals surface area contributed by atoms with E-state index in [0.717, 1.165) is 12.0 Å². The van der Waals surface area contributed by atoms with Crippen molar-refractivity contribution in [3.8, 4) is 0 Å². The summed E-state index contributed by atoms with van der Waals surface area (Å²) < 4.78 is 0. The van der Waals surface area contributed by atoms with Gasteiger partial charge in [-0.2, -0.15) is 0 Å². The maximum absolute atomic E-state index is 11.8. The molecule has 0 radical (unpaired) electrons. The van der Waals surface area contributed by atoms with Gasteiger partial charge in [0.2, 0.25) is 0 Å². The lowest BCUT2D eigenvalue weighted by Gasteiger charge is -1.94. The normalized spacial score (nSPS) is 11.6. The average molecular weight is 238 g/mol. The first kappa shape index (κ1) is 13.9. The third-order valence-corrected chi connectivity index (χ3v) is 2.30. The molecule has 92 valence electrons. The van der Waals surface area contributed by atoms with Gasteiger partial charge in [0.1, 0.15) is 0 Å². The van der Waals surface area contributed by atoms with Crippen molar-refractivity contribution in [1.82, 2.24) is 0 Å². The Bertz CT molecular complexity index is 476. The standard InChI is InChI=1S/C17H18O/c1-3-4-5-7-10-15(2)13-14-17(18)16-11-8-6-9-12-16/h4-14H,2-3H2,1H3. The Balaban J connectivity index is 2.54. The fourth-order valence-electron chi connectivity index (χ4n) is 1.33. The minimum Gasteiger partial charge on any atom is -0.289 e. The minimum atomic E-state index is -0.00532. The number of carbonyl (C=O) groups excluding carboxylic acids is 1. The minimum absolute atomic E-state index is 0.00532. The molecule has 0 atom stereocenters. The molecule has 0 saturated carbocycles. The summed E-state index contributed by atoms with van der Waals surface area (Å²) in [6.45, 7) is 5.94. The maximum Gasteiger partial charge on any atom is 0.185 e.